The van der Waals surface area contributed by atoms with E-state index in [2.05, 4.69) is 0 Å². The van der Waals surface area contributed by atoms with Gasteiger partial charge in [-0.3, -0.25) is 0 Å². The van der Waals surface area contributed by atoms with Crippen molar-refractivity contribution < 1.29 is 8.42 Å². The number of nitrogens with two attached hydrogens (primary N) is 1. The van der Waals surface area contributed by atoms with E-state index >= 15 is 0 Å². The topological polar surface area (TPSA) is 63.4 Å². The van der Waals surface area contributed by atoms with Crippen molar-refractivity contribution in [3.8, 4) is 0 Å². The molecule has 5 heteroatoms. The maximum atomic E-state index is 12.6. The highest BCUT2D eigenvalue weighted by Gasteiger charge is 2.37. The molecule has 1 fully saturated rings. The van der Waals surface area contributed by atoms with Crippen LogP contribution in [0.2, 0.25) is 0 Å². The highest BCUT2D eigenvalue weighted by Crippen LogP contribution is 2.32. The molecule has 0 heterocycles. The van der Waals surface area contributed by atoms with Gasteiger partial charge in [-0.05, 0) is 38.3 Å². The summed E-state index contributed by atoms with van der Waals surface area (Å²) in [6, 6.07) is 5.60. The van der Waals surface area contributed by atoms with Crippen LogP contribution in [0.1, 0.15) is 24.0 Å². The first-order chi connectivity index (χ1) is 8.46. The van der Waals surface area contributed by atoms with E-state index in [1.165, 1.54) is 0 Å². The summed E-state index contributed by atoms with van der Waals surface area (Å²) >= 11 is 0. The highest BCUT2D eigenvalue weighted by molar-refractivity contribution is 7.89. The molecule has 100 valence electrons. The van der Waals surface area contributed by atoms with Gasteiger partial charge in [0, 0.05) is 19.1 Å². The zero-order chi connectivity index (χ0) is 13.3. The van der Waals surface area contributed by atoms with Crippen molar-refractivity contribution in [2.45, 2.75) is 37.6 Å². The Bertz CT molecular complexity index is 536. The summed E-state index contributed by atoms with van der Waals surface area (Å²) in [5, 5.41) is 0. The zero-order valence-electron chi connectivity index (χ0n) is 10.9. The molecule has 0 bridgehead atoms. The Morgan fingerprint density at radius 1 is 1.33 bits per heavy atom. The summed E-state index contributed by atoms with van der Waals surface area (Å²) in [5.41, 5.74) is 7.40. The lowest BCUT2D eigenvalue weighted by Crippen LogP contribution is -2.37. The molecule has 1 saturated carbocycles. The number of benzene rings is 1. The normalized spacial score (nSPS) is 16.2. The fraction of sp³-hybridized carbons (Fsp3) is 0.538. The second-order valence-electron chi connectivity index (χ2n) is 4.90. The minimum Gasteiger partial charge on any atom is -0.329 e. The molecule has 0 unspecified atom stereocenters. The number of rotatable bonds is 5. The van der Waals surface area contributed by atoms with E-state index in [1.54, 1.807) is 10.4 Å². The van der Waals surface area contributed by atoms with Crippen LogP contribution < -0.4 is 5.73 Å². The van der Waals surface area contributed by atoms with Gasteiger partial charge in [0.2, 0.25) is 10.0 Å². The second kappa shape index (κ2) is 4.99. The quantitative estimate of drug-likeness (QED) is 0.878. The number of hydrogen-bond acceptors (Lipinski definition) is 3. The molecule has 0 atom stereocenters. The lowest BCUT2D eigenvalue weighted by atomic mass is 10.2. The average Bonchev–Trinajstić information content (AvgIpc) is 3.08. The molecule has 1 aliphatic rings. The average molecular weight is 268 g/mol. The third kappa shape index (κ3) is 2.58. The van der Waals surface area contributed by atoms with Gasteiger partial charge in [-0.2, -0.15) is 4.31 Å². The van der Waals surface area contributed by atoms with Gasteiger partial charge < -0.3 is 5.73 Å². The summed E-state index contributed by atoms with van der Waals surface area (Å²) in [5.74, 6) is 0. The molecule has 1 aliphatic carbocycles. The Balaban J connectivity index is 2.39. The van der Waals surface area contributed by atoms with Gasteiger partial charge in [-0.25, -0.2) is 8.42 Å². The maximum absolute atomic E-state index is 12.6. The standard InChI is InChI=1S/C13H20N2O2S/c1-10-3-6-13(11(2)9-10)18(16,17)15(8-7-14)12-4-5-12/h3,6,9,12H,4-5,7-8,14H2,1-2H3. The third-order valence-electron chi connectivity index (χ3n) is 3.22. The molecule has 0 aliphatic heterocycles. The Morgan fingerprint density at radius 2 is 2.00 bits per heavy atom. The van der Waals surface area contributed by atoms with Gasteiger partial charge in [0.1, 0.15) is 0 Å². The molecule has 2 rings (SSSR count). The van der Waals surface area contributed by atoms with Crippen LogP contribution in [0.3, 0.4) is 0 Å². The van der Waals surface area contributed by atoms with Crippen molar-refractivity contribution in [3.63, 3.8) is 0 Å². The molecule has 0 amide bonds. The number of hydrogen-bond donors (Lipinski definition) is 1. The fourth-order valence-electron chi connectivity index (χ4n) is 2.20. The maximum Gasteiger partial charge on any atom is 0.243 e. The lowest BCUT2D eigenvalue weighted by molar-refractivity contribution is 0.411. The summed E-state index contributed by atoms with van der Waals surface area (Å²) in [6.45, 7) is 4.57. The molecule has 0 radical (unpaired) electrons. The van der Waals surface area contributed by atoms with Crippen LogP contribution >= 0.6 is 0 Å². The molecule has 1 aromatic carbocycles. The first-order valence-electron chi connectivity index (χ1n) is 6.26. The molecule has 4 nitrogen and oxygen atoms in total. The molecule has 0 aromatic heterocycles. The van der Waals surface area contributed by atoms with Crippen molar-refractivity contribution >= 4 is 10.0 Å². The lowest BCUT2D eigenvalue weighted by Gasteiger charge is -2.22. The van der Waals surface area contributed by atoms with E-state index in [0.29, 0.717) is 18.0 Å². The third-order valence-corrected chi connectivity index (χ3v) is 5.33. The van der Waals surface area contributed by atoms with Crippen molar-refractivity contribution in [3.05, 3.63) is 29.3 Å². The molecule has 1 aromatic rings. The van der Waals surface area contributed by atoms with Gasteiger partial charge in [0.05, 0.1) is 4.90 Å². The van der Waals surface area contributed by atoms with Crippen LogP contribution in [0.5, 0.6) is 0 Å². The monoisotopic (exact) mass is 268 g/mol. The molecule has 0 saturated heterocycles. The Hall–Kier alpha value is -0.910. The minimum absolute atomic E-state index is 0.152. The molecule has 2 N–H and O–H groups in total. The SMILES string of the molecule is Cc1ccc(S(=O)(=O)N(CCN)C2CC2)c(C)c1. The fourth-order valence-corrected chi connectivity index (χ4v) is 4.11. The van der Waals surface area contributed by atoms with Gasteiger partial charge in [-0.15, -0.1) is 0 Å². The second-order valence-corrected chi connectivity index (χ2v) is 6.76. The first kappa shape index (κ1) is 13.5. The zero-order valence-corrected chi connectivity index (χ0v) is 11.7. The van der Waals surface area contributed by atoms with Crippen LogP contribution in [0, 0.1) is 13.8 Å². The summed E-state index contributed by atoms with van der Waals surface area (Å²) in [4.78, 5) is 0.411. The largest absolute Gasteiger partial charge is 0.329 e. The highest BCUT2D eigenvalue weighted by atomic mass is 32.2. The summed E-state index contributed by atoms with van der Waals surface area (Å²) < 4.78 is 26.8. The van der Waals surface area contributed by atoms with Crippen LogP contribution in [0.15, 0.2) is 23.1 Å². The van der Waals surface area contributed by atoms with Gasteiger partial charge in [0.15, 0.2) is 0 Å². The predicted molar refractivity (Wildman–Crippen MR) is 71.9 cm³/mol. The first-order valence-corrected chi connectivity index (χ1v) is 7.70. The number of aryl methyl sites for hydroxylation is 2. The Labute approximate surface area is 109 Å². The smallest absolute Gasteiger partial charge is 0.243 e. The molecular formula is C13H20N2O2S. The van der Waals surface area contributed by atoms with Crippen molar-refractivity contribution in [1.82, 2.24) is 4.31 Å². The van der Waals surface area contributed by atoms with Crippen molar-refractivity contribution in [2.24, 2.45) is 5.73 Å². The van der Waals surface area contributed by atoms with E-state index in [1.807, 2.05) is 26.0 Å². The van der Waals surface area contributed by atoms with Crippen LogP contribution in [-0.4, -0.2) is 31.9 Å². The van der Waals surface area contributed by atoms with Gasteiger partial charge in [-0.1, -0.05) is 17.7 Å². The van der Waals surface area contributed by atoms with Crippen molar-refractivity contribution in [1.29, 1.82) is 0 Å². The number of nitrogens with zero attached hydrogens (tertiary/aromatic N) is 1. The Kier molecular flexibility index (Phi) is 3.75. The predicted octanol–water partition coefficient (Wildman–Crippen LogP) is 1.42. The van der Waals surface area contributed by atoms with Crippen LogP contribution in [-0.2, 0) is 10.0 Å². The van der Waals surface area contributed by atoms with E-state index < -0.39 is 10.0 Å². The molecular weight excluding hydrogens is 248 g/mol. The van der Waals surface area contributed by atoms with E-state index in [9.17, 15) is 8.42 Å². The van der Waals surface area contributed by atoms with E-state index in [0.717, 1.165) is 24.0 Å². The van der Waals surface area contributed by atoms with Gasteiger partial charge in [0.25, 0.3) is 0 Å². The van der Waals surface area contributed by atoms with Crippen molar-refractivity contribution in [2.75, 3.05) is 13.1 Å². The minimum atomic E-state index is -3.39. The molecule has 0 spiro atoms. The van der Waals surface area contributed by atoms with Crippen LogP contribution in [0.4, 0.5) is 0 Å². The van der Waals surface area contributed by atoms with Crippen LogP contribution in [0.25, 0.3) is 0 Å². The van der Waals surface area contributed by atoms with E-state index in [4.69, 9.17) is 5.73 Å². The van der Waals surface area contributed by atoms with E-state index in [-0.39, 0.29) is 6.04 Å². The molecule has 18 heavy (non-hydrogen) atoms. The Morgan fingerprint density at radius 3 is 2.50 bits per heavy atom. The summed E-state index contributed by atoms with van der Waals surface area (Å²) in [6.07, 6.45) is 1.90. The van der Waals surface area contributed by atoms with Gasteiger partial charge >= 0.3 is 0 Å². The summed E-state index contributed by atoms with van der Waals surface area (Å²) in [7, 11) is -3.39. The number of sulfonamides is 1.